The number of rotatable bonds is 3. The van der Waals surface area contributed by atoms with E-state index in [-0.39, 0.29) is 5.54 Å². The molecular formula is C10H20N6. The predicted molar refractivity (Wildman–Crippen MR) is 61.8 cm³/mol. The summed E-state index contributed by atoms with van der Waals surface area (Å²) in [5, 5.41) is 14.8. The second-order valence-corrected chi connectivity index (χ2v) is 4.92. The fourth-order valence-corrected chi connectivity index (χ4v) is 2.27. The molecule has 1 aromatic heterocycles. The molecule has 1 aliphatic rings. The number of nitrogens with two attached hydrogens (primary N) is 1. The monoisotopic (exact) mass is 224 g/mol. The predicted octanol–water partition coefficient (Wildman–Crippen LogP) is 0.530. The Balaban J connectivity index is 2.08. The van der Waals surface area contributed by atoms with Crippen molar-refractivity contribution in [1.82, 2.24) is 20.2 Å². The molecule has 1 saturated carbocycles. The molecule has 16 heavy (non-hydrogen) atoms. The summed E-state index contributed by atoms with van der Waals surface area (Å²) in [5.74, 6) is 1.51. The number of tetrazole rings is 1. The fraction of sp³-hybridized carbons (Fsp3) is 0.900. The number of anilines is 1. The number of aryl methyl sites for hydroxylation is 1. The summed E-state index contributed by atoms with van der Waals surface area (Å²) in [5.41, 5.74) is 5.89. The van der Waals surface area contributed by atoms with Crippen molar-refractivity contribution < 1.29 is 0 Å². The van der Waals surface area contributed by atoms with Gasteiger partial charge in [0.1, 0.15) is 0 Å². The van der Waals surface area contributed by atoms with Crippen LogP contribution in [0, 0.1) is 5.92 Å². The molecule has 2 rings (SSSR count). The molecule has 3 N–H and O–H groups in total. The molecule has 1 aromatic rings. The summed E-state index contributed by atoms with van der Waals surface area (Å²) in [4.78, 5) is 0. The molecule has 90 valence electrons. The van der Waals surface area contributed by atoms with E-state index in [4.69, 9.17) is 5.73 Å². The zero-order valence-corrected chi connectivity index (χ0v) is 9.98. The van der Waals surface area contributed by atoms with E-state index in [0.29, 0.717) is 12.5 Å². The lowest BCUT2D eigenvalue weighted by molar-refractivity contribution is 0.270. The highest BCUT2D eigenvalue weighted by Gasteiger charge is 2.33. The quantitative estimate of drug-likeness (QED) is 0.782. The number of hydrogen-bond donors (Lipinski definition) is 2. The Bertz CT molecular complexity index is 339. The Morgan fingerprint density at radius 1 is 1.50 bits per heavy atom. The van der Waals surface area contributed by atoms with Crippen LogP contribution in [0.3, 0.4) is 0 Å². The third kappa shape index (κ3) is 2.16. The van der Waals surface area contributed by atoms with Crippen LogP contribution in [0.15, 0.2) is 0 Å². The van der Waals surface area contributed by atoms with Gasteiger partial charge in [0.25, 0.3) is 0 Å². The minimum atomic E-state index is -0.0189. The Labute approximate surface area is 95.6 Å². The lowest BCUT2D eigenvalue weighted by atomic mass is 9.77. The molecule has 0 spiro atoms. The summed E-state index contributed by atoms with van der Waals surface area (Å²) < 4.78 is 1.65. The second-order valence-electron chi connectivity index (χ2n) is 4.92. The van der Waals surface area contributed by atoms with Crippen molar-refractivity contribution in [3.05, 3.63) is 0 Å². The van der Waals surface area contributed by atoms with Crippen molar-refractivity contribution in [1.29, 1.82) is 0 Å². The van der Waals surface area contributed by atoms with Gasteiger partial charge in [-0.15, -0.1) is 0 Å². The normalized spacial score (nSPS) is 30.3. The number of aromatic nitrogens is 4. The number of nitrogens with one attached hydrogen (secondary N) is 1. The summed E-state index contributed by atoms with van der Waals surface area (Å²) in [6.45, 7) is 2.93. The van der Waals surface area contributed by atoms with Crippen molar-refractivity contribution in [2.45, 2.75) is 38.1 Å². The Hall–Kier alpha value is -1.17. The zero-order valence-electron chi connectivity index (χ0n) is 9.98. The van der Waals surface area contributed by atoms with Crippen LogP contribution in [0.2, 0.25) is 0 Å². The highest BCUT2D eigenvalue weighted by molar-refractivity contribution is 5.28. The van der Waals surface area contributed by atoms with Gasteiger partial charge in [-0.25, -0.2) is 4.68 Å². The Morgan fingerprint density at radius 2 is 2.19 bits per heavy atom. The van der Waals surface area contributed by atoms with Gasteiger partial charge < -0.3 is 11.1 Å². The molecule has 0 aromatic carbocycles. The fourth-order valence-electron chi connectivity index (χ4n) is 2.27. The highest BCUT2D eigenvalue weighted by atomic mass is 15.6. The molecule has 0 amide bonds. The van der Waals surface area contributed by atoms with Gasteiger partial charge in [-0.3, -0.25) is 0 Å². The summed E-state index contributed by atoms with van der Waals surface area (Å²) in [6, 6.07) is 0. The molecule has 0 saturated heterocycles. The molecule has 0 radical (unpaired) electrons. The van der Waals surface area contributed by atoms with Crippen molar-refractivity contribution in [2.75, 3.05) is 11.9 Å². The maximum atomic E-state index is 5.91. The largest absolute Gasteiger partial charge is 0.346 e. The van der Waals surface area contributed by atoms with E-state index in [2.05, 4.69) is 27.8 Å². The molecule has 0 bridgehead atoms. The number of nitrogens with zero attached hydrogens (tertiary/aromatic N) is 4. The molecular weight excluding hydrogens is 204 g/mol. The van der Waals surface area contributed by atoms with Crippen LogP contribution in [-0.4, -0.2) is 32.3 Å². The lowest BCUT2D eigenvalue weighted by Gasteiger charge is -2.39. The van der Waals surface area contributed by atoms with Gasteiger partial charge in [0.2, 0.25) is 5.95 Å². The molecule has 1 heterocycles. The van der Waals surface area contributed by atoms with Crippen LogP contribution < -0.4 is 11.1 Å². The van der Waals surface area contributed by atoms with Crippen molar-refractivity contribution in [3.8, 4) is 0 Å². The van der Waals surface area contributed by atoms with Gasteiger partial charge in [-0.2, -0.15) is 0 Å². The molecule has 0 unspecified atom stereocenters. The van der Waals surface area contributed by atoms with Gasteiger partial charge >= 0.3 is 0 Å². The first kappa shape index (κ1) is 11.3. The first-order valence-electron chi connectivity index (χ1n) is 5.86. The maximum absolute atomic E-state index is 5.91. The molecule has 1 fully saturated rings. The van der Waals surface area contributed by atoms with Crippen LogP contribution >= 0.6 is 0 Å². The minimum absolute atomic E-state index is 0.0189. The van der Waals surface area contributed by atoms with Gasteiger partial charge in [0.05, 0.1) is 5.54 Å². The highest BCUT2D eigenvalue weighted by Crippen LogP contribution is 2.33. The topological polar surface area (TPSA) is 81.7 Å². The van der Waals surface area contributed by atoms with Crippen LogP contribution in [0.1, 0.15) is 32.6 Å². The van der Waals surface area contributed by atoms with Gasteiger partial charge in [-0.05, 0) is 42.0 Å². The first-order chi connectivity index (χ1) is 7.65. The number of hydrogen-bond acceptors (Lipinski definition) is 5. The van der Waals surface area contributed by atoms with Gasteiger partial charge in [0, 0.05) is 13.6 Å². The maximum Gasteiger partial charge on any atom is 0.243 e. The molecule has 1 aliphatic carbocycles. The van der Waals surface area contributed by atoms with E-state index in [1.165, 1.54) is 12.8 Å². The minimum Gasteiger partial charge on any atom is -0.346 e. The average molecular weight is 224 g/mol. The summed E-state index contributed by atoms with van der Waals surface area (Å²) in [6.07, 6.45) is 4.63. The Kier molecular flexibility index (Phi) is 3.09. The van der Waals surface area contributed by atoms with Gasteiger partial charge in [-0.1, -0.05) is 12.0 Å². The molecule has 6 heteroatoms. The smallest absolute Gasteiger partial charge is 0.243 e. The molecule has 6 nitrogen and oxygen atoms in total. The summed E-state index contributed by atoms with van der Waals surface area (Å²) >= 11 is 0. The van der Waals surface area contributed by atoms with Crippen LogP contribution in [-0.2, 0) is 7.05 Å². The van der Waals surface area contributed by atoms with Crippen LogP contribution in [0.4, 0.5) is 5.95 Å². The molecule has 0 atom stereocenters. The van der Waals surface area contributed by atoms with Crippen molar-refractivity contribution in [3.63, 3.8) is 0 Å². The van der Waals surface area contributed by atoms with Crippen LogP contribution in [0.25, 0.3) is 0 Å². The lowest BCUT2D eigenvalue weighted by Crippen LogP contribution is -2.48. The van der Waals surface area contributed by atoms with E-state index >= 15 is 0 Å². The molecule has 0 aliphatic heterocycles. The van der Waals surface area contributed by atoms with E-state index < -0.39 is 0 Å². The van der Waals surface area contributed by atoms with Crippen molar-refractivity contribution in [2.24, 2.45) is 18.7 Å². The Morgan fingerprint density at radius 3 is 2.69 bits per heavy atom. The third-order valence-corrected chi connectivity index (χ3v) is 3.62. The summed E-state index contributed by atoms with van der Waals surface area (Å²) in [7, 11) is 1.83. The van der Waals surface area contributed by atoms with E-state index in [1.54, 1.807) is 4.68 Å². The van der Waals surface area contributed by atoms with Gasteiger partial charge in [0.15, 0.2) is 0 Å². The SMILES string of the molecule is CC1CCC(CN)(Nc2nnnn2C)CC1. The standard InChI is InChI=1S/C10H20N6/c1-8-3-5-10(7-11,6-4-8)12-9-13-14-15-16(9)2/h8H,3-7,11H2,1-2H3,(H,12,13,15). The van der Waals surface area contributed by atoms with E-state index in [9.17, 15) is 0 Å². The van der Waals surface area contributed by atoms with Crippen molar-refractivity contribution >= 4 is 5.95 Å². The second kappa shape index (κ2) is 4.37. The first-order valence-corrected chi connectivity index (χ1v) is 5.86. The van der Waals surface area contributed by atoms with E-state index in [1.807, 2.05) is 7.05 Å². The zero-order chi connectivity index (χ0) is 11.6. The average Bonchev–Trinajstić information content (AvgIpc) is 2.68. The van der Waals surface area contributed by atoms with Crippen LogP contribution in [0.5, 0.6) is 0 Å². The third-order valence-electron chi connectivity index (χ3n) is 3.62. The van der Waals surface area contributed by atoms with E-state index in [0.717, 1.165) is 18.8 Å².